The second-order valence-corrected chi connectivity index (χ2v) is 3.98. The number of rotatable bonds is 1. The largest absolute Gasteiger partial charge is 0.803 e. The van der Waals surface area contributed by atoms with Crippen LogP contribution in [0, 0.1) is 5.21 Å². The lowest BCUT2D eigenvalue weighted by molar-refractivity contribution is 1.06. The lowest BCUT2D eigenvalue weighted by atomic mass is 10.1. The van der Waals surface area contributed by atoms with E-state index in [0.29, 0.717) is 10.2 Å². The molecule has 0 radical (unpaired) electrons. The average Bonchev–Trinajstić information content (AvgIpc) is 2.44. The molecular weight excluding hydrogens is 228 g/mol. The van der Waals surface area contributed by atoms with Crippen molar-refractivity contribution < 1.29 is 0 Å². The molecule has 0 atom stereocenters. The minimum Gasteiger partial charge on any atom is -0.803 e. The van der Waals surface area contributed by atoms with Crippen molar-refractivity contribution in [3.05, 3.63) is 70.4 Å². The molecule has 1 aromatic carbocycles. The van der Waals surface area contributed by atoms with Gasteiger partial charge in [0.1, 0.15) is 0 Å². The van der Waals surface area contributed by atoms with Crippen LogP contribution in [0.3, 0.4) is 0 Å². The quantitative estimate of drug-likeness (QED) is 0.653. The van der Waals surface area contributed by atoms with Crippen LogP contribution in [0.2, 0.25) is 0 Å². The van der Waals surface area contributed by atoms with Crippen LogP contribution < -0.4 is 5.56 Å². The van der Waals surface area contributed by atoms with Crippen LogP contribution in [-0.4, -0.2) is 9.71 Å². The molecule has 0 aliphatic rings. The average molecular weight is 237 g/mol. The van der Waals surface area contributed by atoms with Crippen LogP contribution in [0.1, 0.15) is 0 Å². The predicted molar refractivity (Wildman–Crippen MR) is 70.2 cm³/mol. The molecule has 0 bridgehead atoms. The zero-order chi connectivity index (χ0) is 12.5. The van der Waals surface area contributed by atoms with Gasteiger partial charge in [0, 0.05) is 29.5 Å². The fraction of sp³-hybridized carbons (Fsp3) is 0. The van der Waals surface area contributed by atoms with Gasteiger partial charge in [0.15, 0.2) is 0 Å². The first-order valence-corrected chi connectivity index (χ1v) is 5.49. The van der Waals surface area contributed by atoms with Gasteiger partial charge in [-0.05, 0) is 35.2 Å². The second kappa shape index (κ2) is 4.00. The van der Waals surface area contributed by atoms with E-state index in [-0.39, 0.29) is 0 Å². The number of hydrogen-bond donors (Lipinski definition) is 0. The number of hydrogen-bond acceptors (Lipinski definition) is 3. The Kier molecular flexibility index (Phi) is 2.34. The maximum atomic E-state index is 11.6. The van der Waals surface area contributed by atoms with Crippen LogP contribution in [0.4, 0.5) is 0 Å². The molecule has 0 aliphatic carbocycles. The molecule has 3 rings (SSSR count). The van der Waals surface area contributed by atoms with Crippen LogP contribution >= 0.6 is 0 Å². The van der Waals surface area contributed by atoms with E-state index >= 15 is 0 Å². The molecule has 0 saturated heterocycles. The summed E-state index contributed by atoms with van der Waals surface area (Å²) in [6.45, 7) is 0. The minimum absolute atomic E-state index is 0.384. The zero-order valence-electron chi connectivity index (χ0n) is 9.41. The van der Waals surface area contributed by atoms with Crippen LogP contribution in [-0.2, 0) is 0 Å². The molecule has 18 heavy (non-hydrogen) atoms. The van der Waals surface area contributed by atoms with E-state index in [1.165, 1.54) is 6.07 Å². The SMILES string of the molecule is O=c1ccc2cc(-c3cccnc3)ccc2n1[O-]. The summed E-state index contributed by atoms with van der Waals surface area (Å²) in [7, 11) is 0. The van der Waals surface area contributed by atoms with Gasteiger partial charge in [-0.15, -0.1) is 0 Å². The first-order chi connectivity index (χ1) is 8.75. The summed E-state index contributed by atoms with van der Waals surface area (Å²) in [5.41, 5.74) is 1.78. The summed E-state index contributed by atoms with van der Waals surface area (Å²) >= 11 is 0. The molecule has 3 aromatic rings. The van der Waals surface area contributed by atoms with E-state index in [1.807, 2.05) is 24.3 Å². The fourth-order valence-corrected chi connectivity index (χ4v) is 1.93. The van der Waals surface area contributed by atoms with Gasteiger partial charge in [-0.1, -0.05) is 12.1 Å². The summed E-state index contributed by atoms with van der Waals surface area (Å²) in [4.78, 5) is 15.3. The molecule has 4 heteroatoms. The normalized spacial score (nSPS) is 10.7. The molecule has 88 valence electrons. The lowest BCUT2D eigenvalue weighted by Crippen LogP contribution is -2.13. The van der Waals surface area contributed by atoms with Gasteiger partial charge < -0.3 is 9.94 Å². The third kappa shape index (κ3) is 1.64. The van der Waals surface area contributed by atoms with Gasteiger partial charge in [0.05, 0.1) is 0 Å². The molecule has 0 aliphatic heterocycles. The Hall–Kier alpha value is -2.62. The van der Waals surface area contributed by atoms with Gasteiger partial charge in [-0.3, -0.25) is 9.78 Å². The number of benzene rings is 1. The maximum Gasteiger partial charge on any atom is 0.246 e. The molecule has 0 spiro atoms. The second-order valence-electron chi connectivity index (χ2n) is 3.98. The van der Waals surface area contributed by atoms with Gasteiger partial charge in [0.2, 0.25) is 5.56 Å². The highest BCUT2D eigenvalue weighted by Gasteiger charge is 2.01. The molecule has 0 N–H and O–H groups in total. The summed E-state index contributed by atoms with van der Waals surface area (Å²) in [6, 6.07) is 12.1. The Morgan fingerprint density at radius 1 is 1.06 bits per heavy atom. The highest BCUT2D eigenvalue weighted by atomic mass is 16.5. The van der Waals surface area contributed by atoms with Gasteiger partial charge in [0.25, 0.3) is 0 Å². The Labute approximate surface area is 103 Å². The van der Waals surface area contributed by atoms with Crippen molar-refractivity contribution in [3.8, 4) is 11.1 Å². The van der Waals surface area contributed by atoms with Crippen LogP contribution in [0.25, 0.3) is 22.0 Å². The van der Waals surface area contributed by atoms with Crippen LogP contribution in [0.15, 0.2) is 59.7 Å². The molecular formula is C14H9N2O2-. The van der Waals surface area contributed by atoms with E-state index in [2.05, 4.69) is 4.98 Å². The number of aromatic nitrogens is 2. The van der Waals surface area contributed by atoms with E-state index < -0.39 is 5.56 Å². The molecule has 0 amide bonds. The van der Waals surface area contributed by atoms with E-state index in [4.69, 9.17) is 0 Å². The monoisotopic (exact) mass is 237 g/mol. The Morgan fingerprint density at radius 2 is 1.94 bits per heavy atom. The lowest BCUT2D eigenvalue weighted by Gasteiger charge is -2.13. The van der Waals surface area contributed by atoms with E-state index in [1.54, 1.807) is 24.5 Å². The topological polar surface area (TPSA) is 58.0 Å². The smallest absolute Gasteiger partial charge is 0.246 e. The van der Waals surface area contributed by atoms with Crippen molar-refractivity contribution in [2.75, 3.05) is 0 Å². The minimum atomic E-state index is -0.545. The van der Waals surface area contributed by atoms with Gasteiger partial charge in [-0.2, -0.15) is 0 Å². The van der Waals surface area contributed by atoms with E-state index in [9.17, 15) is 10.0 Å². The van der Waals surface area contributed by atoms with Crippen molar-refractivity contribution >= 4 is 10.9 Å². The fourth-order valence-electron chi connectivity index (χ4n) is 1.93. The molecule has 2 heterocycles. The standard InChI is InChI=1S/C14H9N2O2/c17-14-6-4-11-8-10(3-5-13(11)16(14)18)12-2-1-7-15-9-12/h1-9H/q-1. The highest BCUT2D eigenvalue weighted by Crippen LogP contribution is 2.22. The number of nitrogens with zero attached hydrogens (tertiary/aromatic N) is 2. The Balaban J connectivity index is 2.25. The zero-order valence-corrected chi connectivity index (χ0v) is 9.41. The van der Waals surface area contributed by atoms with Crippen molar-refractivity contribution in [2.45, 2.75) is 0 Å². The molecule has 0 saturated carbocycles. The Morgan fingerprint density at radius 3 is 2.72 bits per heavy atom. The third-order valence-corrected chi connectivity index (χ3v) is 2.85. The highest BCUT2D eigenvalue weighted by molar-refractivity contribution is 5.84. The summed E-state index contributed by atoms with van der Waals surface area (Å²) in [6.07, 6.45) is 3.47. The van der Waals surface area contributed by atoms with Gasteiger partial charge in [-0.25, -0.2) is 0 Å². The molecule has 0 unspecified atom stereocenters. The molecule has 0 fully saturated rings. The van der Waals surface area contributed by atoms with Crippen LogP contribution in [0.5, 0.6) is 0 Å². The van der Waals surface area contributed by atoms with Crippen molar-refractivity contribution in [3.63, 3.8) is 0 Å². The van der Waals surface area contributed by atoms with E-state index in [0.717, 1.165) is 16.5 Å². The summed E-state index contributed by atoms with van der Waals surface area (Å²) < 4.78 is 0.405. The van der Waals surface area contributed by atoms with Crippen molar-refractivity contribution in [1.29, 1.82) is 0 Å². The third-order valence-electron chi connectivity index (χ3n) is 2.85. The van der Waals surface area contributed by atoms with Crippen molar-refractivity contribution in [2.24, 2.45) is 0 Å². The molecule has 4 nitrogen and oxygen atoms in total. The first-order valence-electron chi connectivity index (χ1n) is 5.49. The number of fused-ring (bicyclic) bond motifs is 1. The first kappa shape index (κ1) is 10.5. The van der Waals surface area contributed by atoms with Crippen molar-refractivity contribution in [1.82, 2.24) is 9.71 Å². The Bertz CT molecular complexity index is 764. The summed E-state index contributed by atoms with van der Waals surface area (Å²) in [5, 5.41) is 12.3. The maximum absolute atomic E-state index is 11.6. The van der Waals surface area contributed by atoms with Gasteiger partial charge >= 0.3 is 0 Å². The predicted octanol–water partition coefficient (Wildman–Crippen LogP) is 2.41. The number of pyridine rings is 2. The summed E-state index contributed by atoms with van der Waals surface area (Å²) in [5.74, 6) is 0. The molecule has 2 aromatic heterocycles.